The largest absolute Gasteiger partial charge is 0.471 e. The first-order valence-corrected chi connectivity index (χ1v) is 8.01. The van der Waals surface area contributed by atoms with Crippen LogP contribution < -0.4 is 0 Å². The van der Waals surface area contributed by atoms with Crippen molar-refractivity contribution < 1.29 is 49.0 Å². The van der Waals surface area contributed by atoms with Crippen molar-refractivity contribution in [3.63, 3.8) is 0 Å². The SMILES string of the molecule is COC(=O)C1=CO[C@@H](O[C@@H]2O[C@H](CO)[C@@H](O)[C@H](O)[C@H]2O)[C@@H]2C(=O)C=C[C@H]12. The number of rotatable bonds is 4. The Bertz CT molecular complexity index is 627. The van der Waals surface area contributed by atoms with Crippen LogP contribution in [0.25, 0.3) is 0 Å². The van der Waals surface area contributed by atoms with Gasteiger partial charge in [0.25, 0.3) is 0 Å². The second-order valence-corrected chi connectivity index (χ2v) is 6.22. The number of carbonyl (C=O) groups excluding carboxylic acids is 2. The number of fused-ring (bicyclic) bond motifs is 1. The first-order valence-electron chi connectivity index (χ1n) is 8.01. The van der Waals surface area contributed by atoms with Gasteiger partial charge in [0, 0.05) is 5.92 Å². The molecule has 0 spiro atoms. The molecule has 2 heterocycles. The van der Waals surface area contributed by atoms with Gasteiger partial charge in [-0.3, -0.25) is 4.79 Å². The molecule has 0 saturated carbocycles. The molecule has 3 rings (SSSR count). The lowest BCUT2D eigenvalue weighted by Crippen LogP contribution is -2.60. The van der Waals surface area contributed by atoms with Crippen LogP contribution in [0.15, 0.2) is 24.0 Å². The number of hydrogen-bond acceptors (Lipinski definition) is 10. The fraction of sp³-hybridized carbons (Fsp3) is 0.625. The van der Waals surface area contributed by atoms with Crippen LogP contribution in [0.3, 0.4) is 0 Å². The van der Waals surface area contributed by atoms with Crippen LogP contribution in [0, 0.1) is 11.8 Å². The lowest BCUT2D eigenvalue weighted by Gasteiger charge is -2.42. The molecule has 0 bridgehead atoms. The van der Waals surface area contributed by atoms with Gasteiger partial charge in [-0.2, -0.15) is 0 Å². The molecule has 1 fully saturated rings. The molecule has 26 heavy (non-hydrogen) atoms. The van der Waals surface area contributed by atoms with Crippen molar-refractivity contribution in [1.82, 2.24) is 0 Å². The van der Waals surface area contributed by atoms with E-state index in [1.165, 1.54) is 19.3 Å². The van der Waals surface area contributed by atoms with E-state index in [0.29, 0.717) is 0 Å². The monoisotopic (exact) mass is 372 g/mol. The number of carbonyl (C=O) groups is 2. The highest BCUT2D eigenvalue weighted by atomic mass is 16.8. The van der Waals surface area contributed by atoms with Gasteiger partial charge < -0.3 is 39.4 Å². The van der Waals surface area contributed by atoms with Gasteiger partial charge in [0.2, 0.25) is 6.29 Å². The summed E-state index contributed by atoms with van der Waals surface area (Å²) < 4.78 is 20.8. The summed E-state index contributed by atoms with van der Waals surface area (Å²) in [5.74, 6) is -2.52. The number of aliphatic hydroxyl groups excluding tert-OH is 4. The van der Waals surface area contributed by atoms with Crippen LogP contribution in [0.2, 0.25) is 0 Å². The molecule has 1 aliphatic carbocycles. The fourth-order valence-electron chi connectivity index (χ4n) is 3.24. The van der Waals surface area contributed by atoms with Gasteiger partial charge in [-0.15, -0.1) is 0 Å². The quantitative estimate of drug-likeness (QED) is 0.393. The molecule has 0 aromatic carbocycles. The highest BCUT2D eigenvalue weighted by molar-refractivity contribution is 5.99. The molecule has 0 amide bonds. The molecule has 0 aromatic rings. The molecule has 3 aliphatic rings. The molecule has 8 atom stereocenters. The zero-order chi connectivity index (χ0) is 19.0. The second kappa shape index (κ2) is 7.43. The molecule has 4 N–H and O–H groups in total. The average Bonchev–Trinajstić information content (AvgIpc) is 3.04. The summed E-state index contributed by atoms with van der Waals surface area (Å²) in [6.07, 6.45) is -4.67. The van der Waals surface area contributed by atoms with E-state index in [-0.39, 0.29) is 11.4 Å². The minimum atomic E-state index is -1.63. The van der Waals surface area contributed by atoms with Gasteiger partial charge in [-0.1, -0.05) is 6.08 Å². The van der Waals surface area contributed by atoms with Crippen molar-refractivity contribution in [1.29, 1.82) is 0 Å². The summed E-state index contributed by atoms with van der Waals surface area (Å²) in [6.45, 7) is -0.616. The fourth-order valence-corrected chi connectivity index (χ4v) is 3.24. The van der Waals surface area contributed by atoms with Crippen molar-refractivity contribution in [2.24, 2.45) is 11.8 Å². The number of aliphatic hydroxyl groups is 4. The maximum Gasteiger partial charge on any atom is 0.337 e. The van der Waals surface area contributed by atoms with Crippen molar-refractivity contribution in [3.05, 3.63) is 24.0 Å². The van der Waals surface area contributed by atoms with E-state index < -0.39 is 61.4 Å². The third-order valence-electron chi connectivity index (χ3n) is 4.70. The standard InChI is InChI=1S/C16H20O10/c1-23-14(22)7-5-24-15(10-6(7)2-3-8(10)18)26-16-13(21)12(20)11(19)9(4-17)25-16/h2-3,5-6,9-13,15-17,19-21H,4H2,1H3/t6-,9-,10+,11-,12+,13-,15+,16+/m1/s1. The molecule has 0 radical (unpaired) electrons. The van der Waals surface area contributed by atoms with Crippen LogP contribution in [-0.4, -0.2) is 82.9 Å². The van der Waals surface area contributed by atoms with E-state index >= 15 is 0 Å². The van der Waals surface area contributed by atoms with Crippen LogP contribution in [-0.2, 0) is 28.5 Å². The topological polar surface area (TPSA) is 152 Å². The van der Waals surface area contributed by atoms with E-state index in [1.54, 1.807) is 0 Å². The zero-order valence-electron chi connectivity index (χ0n) is 13.8. The second-order valence-electron chi connectivity index (χ2n) is 6.22. The highest BCUT2D eigenvalue weighted by Crippen LogP contribution is 2.39. The van der Waals surface area contributed by atoms with Crippen molar-refractivity contribution in [3.8, 4) is 0 Å². The summed E-state index contributed by atoms with van der Waals surface area (Å²) >= 11 is 0. The molecule has 144 valence electrons. The summed E-state index contributed by atoms with van der Waals surface area (Å²) in [5.41, 5.74) is 0.147. The predicted molar refractivity (Wildman–Crippen MR) is 81.0 cm³/mol. The Hall–Kier alpha value is -1.82. The Kier molecular flexibility index (Phi) is 5.42. The molecule has 1 saturated heterocycles. The third kappa shape index (κ3) is 3.15. The number of methoxy groups -OCH3 is 1. The third-order valence-corrected chi connectivity index (χ3v) is 4.70. The number of esters is 1. The number of hydrogen-bond donors (Lipinski definition) is 4. The van der Waals surface area contributed by atoms with E-state index in [9.17, 15) is 30.0 Å². The molecular weight excluding hydrogens is 352 g/mol. The van der Waals surface area contributed by atoms with E-state index in [1.807, 2.05) is 0 Å². The molecule has 0 aromatic heterocycles. The maximum atomic E-state index is 12.2. The van der Waals surface area contributed by atoms with Gasteiger partial charge in [0.15, 0.2) is 12.1 Å². The average molecular weight is 372 g/mol. The van der Waals surface area contributed by atoms with Crippen molar-refractivity contribution >= 4 is 11.8 Å². The van der Waals surface area contributed by atoms with Crippen LogP contribution in [0.5, 0.6) is 0 Å². The minimum absolute atomic E-state index is 0.147. The van der Waals surface area contributed by atoms with Gasteiger partial charge >= 0.3 is 5.97 Å². The summed E-state index contributed by atoms with van der Waals surface area (Å²) in [4.78, 5) is 24.0. The molecule has 10 nitrogen and oxygen atoms in total. The summed E-state index contributed by atoms with van der Waals surface area (Å²) in [6, 6.07) is 0. The number of allylic oxidation sites excluding steroid dienone is 2. The Morgan fingerprint density at radius 1 is 1.19 bits per heavy atom. The van der Waals surface area contributed by atoms with Crippen molar-refractivity contribution in [2.45, 2.75) is 37.0 Å². The Morgan fingerprint density at radius 2 is 1.92 bits per heavy atom. The number of ether oxygens (including phenoxy) is 4. The number of ketones is 1. The van der Waals surface area contributed by atoms with Crippen molar-refractivity contribution in [2.75, 3.05) is 13.7 Å². The molecular formula is C16H20O10. The first kappa shape index (κ1) is 19.0. The van der Waals surface area contributed by atoms with Crippen LogP contribution >= 0.6 is 0 Å². The molecule has 2 aliphatic heterocycles. The molecule has 0 unspecified atom stereocenters. The minimum Gasteiger partial charge on any atom is -0.471 e. The van der Waals surface area contributed by atoms with Crippen LogP contribution in [0.4, 0.5) is 0 Å². The van der Waals surface area contributed by atoms with Gasteiger partial charge in [0.05, 0.1) is 31.5 Å². The predicted octanol–water partition coefficient (Wildman–Crippen LogP) is -2.41. The van der Waals surface area contributed by atoms with E-state index in [2.05, 4.69) is 4.74 Å². The van der Waals surface area contributed by atoms with E-state index in [4.69, 9.17) is 14.2 Å². The zero-order valence-corrected chi connectivity index (χ0v) is 13.8. The van der Waals surface area contributed by atoms with E-state index in [0.717, 1.165) is 6.26 Å². The summed E-state index contributed by atoms with van der Waals surface area (Å²) in [7, 11) is 1.20. The lowest BCUT2D eigenvalue weighted by molar-refractivity contribution is -0.338. The van der Waals surface area contributed by atoms with Crippen LogP contribution in [0.1, 0.15) is 0 Å². The lowest BCUT2D eigenvalue weighted by atomic mass is 9.86. The van der Waals surface area contributed by atoms with Gasteiger partial charge in [-0.25, -0.2) is 4.79 Å². The Balaban J connectivity index is 1.78. The normalized spacial score (nSPS) is 42.0. The Morgan fingerprint density at radius 3 is 2.58 bits per heavy atom. The highest BCUT2D eigenvalue weighted by Gasteiger charge is 2.50. The maximum absolute atomic E-state index is 12.2. The van der Waals surface area contributed by atoms with Gasteiger partial charge in [0.1, 0.15) is 24.4 Å². The first-order chi connectivity index (χ1) is 12.4. The van der Waals surface area contributed by atoms with Gasteiger partial charge in [-0.05, 0) is 6.08 Å². The Labute approximate surface area is 148 Å². The molecule has 10 heteroatoms. The smallest absolute Gasteiger partial charge is 0.337 e. The summed E-state index contributed by atoms with van der Waals surface area (Å²) in [5, 5.41) is 38.9.